The van der Waals surface area contributed by atoms with Crippen molar-refractivity contribution in [3.8, 4) is 0 Å². The van der Waals surface area contributed by atoms with Crippen molar-refractivity contribution >= 4 is 38.9 Å². The lowest BCUT2D eigenvalue weighted by Crippen LogP contribution is -2.50. The minimum Gasteiger partial charge on any atom is -0.350 e. The van der Waals surface area contributed by atoms with Crippen LogP contribution in [0, 0.1) is 0 Å². The third-order valence-corrected chi connectivity index (χ3v) is 6.27. The molecule has 2 amide bonds. The molecule has 0 aliphatic carbocycles. The van der Waals surface area contributed by atoms with Crippen LogP contribution in [0.4, 0.5) is 0 Å². The molecule has 0 spiro atoms. The molecule has 0 saturated carbocycles. The first-order chi connectivity index (χ1) is 13.8. The number of carbonyl (C=O) groups is 2. The first-order valence-corrected chi connectivity index (χ1v) is 10.8. The number of nitrogens with zero attached hydrogens (tertiary/aromatic N) is 4. The molecule has 29 heavy (non-hydrogen) atoms. The third-order valence-electron chi connectivity index (χ3n) is 5.36. The van der Waals surface area contributed by atoms with Gasteiger partial charge in [0.1, 0.15) is 22.7 Å². The van der Waals surface area contributed by atoms with E-state index in [4.69, 9.17) is 0 Å². The summed E-state index contributed by atoms with van der Waals surface area (Å²) in [6, 6.07) is 3.75. The van der Waals surface area contributed by atoms with Gasteiger partial charge in [0.05, 0.1) is 0 Å². The summed E-state index contributed by atoms with van der Waals surface area (Å²) in [5.74, 6) is 0.599. The molecule has 154 valence electrons. The van der Waals surface area contributed by atoms with E-state index >= 15 is 0 Å². The Kier molecular flexibility index (Phi) is 5.16. The van der Waals surface area contributed by atoms with E-state index in [0.717, 1.165) is 35.4 Å². The van der Waals surface area contributed by atoms with Gasteiger partial charge in [-0.25, -0.2) is 4.68 Å². The fourth-order valence-corrected chi connectivity index (χ4v) is 4.83. The molecule has 1 fully saturated rings. The van der Waals surface area contributed by atoms with Gasteiger partial charge in [-0.1, -0.05) is 13.8 Å². The number of piperidine rings is 1. The highest BCUT2D eigenvalue weighted by atomic mass is 32.1. The zero-order chi connectivity index (χ0) is 20.7. The molecule has 1 N–H and O–H groups in total. The first kappa shape index (κ1) is 19.6. The number of thiophene rings is 1. The average molecular weight is 416 g/mol. The molecular formula is C20H25N5O3S. The van der Waals surface area contributed by atoms with Gasteiger partial charge in [-0.05, 0) is 30.4 Å². The summed E-state index contributed by atoms with van der Waals surface area (Å²) in [7, 11) is 0. The van der Waals surface area contributed by atoms with Crippen LogP contribution >= 0.6 is 11.3 Å². The Bertz CT molecular complexity index is 1140. The standard InChI is InChI=1S/C20H25N5O3S/c1-12(2)18-22-24(19(28)16-9-14-6-8-29-20(14)25(16)18)11-17(27)21-15-5-4-7-23(10-15)13(3)26/h6,8-9,12,15H,4-5,7,10-11H2,1-3H3,(H,21,27). The minimum absolute atomic E-state index is 0.0158. The second-order valence-corrected chi connectivity index (χ2v) is 8.79. The van der Waals surface area contributed by atoms with Crippen molar-refractivity contribution in [1.82, 2.24) is 24.4 Å². The number of fused-ring (bicyclic) bond motifs is 3. The van der Waals surface area contributed by atoms with E-state index < -0.39 is 0 Å². The average Bonchev–Trinajstić information content (AvgIpc) is 3.25. The normalized spacial score (nSPS) is 17.4. The van der Waals surface area contributed by atoms with Crippen LogP contribution in [0.3, 0.4) is 0 Å². The van der Waals surface area contributed by atoms with Gasteiger partial charge in [0.15, 0.2) is 0 Å². The number of rotatable bonds is 4. The lowest BCUT2D eigenvalue weighted by molar-refractivity contribution is -0.131. The number of hydrogen-bond donors (Lipinski definition) is 1. The van der Waals surface area contributed by atoms with Crippen LogP contribution < -0.4 is 10.9 Å². The predicted octanol–water partition coefficient (Wildman–Crippen LogP) is 1.96. The van der Waals surface area contributed by atoms with Crippen LogP contribution in [0.25, 0.3) is 15.7 Å². The number of aromatic nitrogens is 3. The van der Waals surface area contributed by atoms with E-state index in [9.17, 15) is 14.4 Å². The summed E-state index contributed by atoms with van der Waals surface area (Å²) < 4.78 is 3.17. The summed E-state index contributed by atoms with van der Waals surface area (Å²) in [6.07, 6.45) is 1.68. The van der Waals surface area contributed by atoms with Gasteiger partial charge in [-0.15, -0.1) is 11.3 Å². The molecule has 1 saturated heterocycles. The zero-order valence-corrected chi connectivity index (χ0v) is 17.7. The van der Waals surface area contributed by atoms with Crippen molar-refractivity contribution in [2.75, 3.05) is 13.1 Å². The summed E-state index contributed by atoms with van der Waals surface area (Å²) in [5, 5.41) is 10.5. The molecular weight excluding hydrogens is 390 g/mol. The van der Waals surface area contributed by atoms with Crippen LogP contribution in [-0.4, -0.2) is 50.0 Å². The number of carbonyl (C=O) groups excluding carboxylic acids is 2. The van der Waals surface area contributed by atoms with Gasteiger partial charge < -0.3 is 10.2 Å². The molecule has 1 unspecified atom stereocenters. The molecule has 9 heteroatoms. The Hall–Kier alpha value is -2.68. The quantitative estimate of drug-likeness (QED) is 0.706. The second-order valence-electron chi connectivity index (χ2n) is 7.89. The maximum absolute atomic E-state index is 13.0. The van der Waals surface area contributed by atoms with Crippen molar-refractivity contribution in [3.05, 3.63) is 33.7 Å². The van der Waals surface area contributed by atoms with E-state index in [1.54, 1.807) is 23.2 Å². The summed E-state index contributed by atoms with van der Waals surface area (Å²) >= 11 is 1.57. The zero-order valence-electron chi connectivity index (χ0n) is 16.8. The van der Waals surface area contributed by atoms with E-state index in [2.05, 4.69) is 10.4 Å². The van der Waals surface area contributed by atoms with Gasteiger partial charge in [0, 0.05) is 37.4 Å². The highest BCUT2D eigenvalue weighted by Crippen LogP contribution is 2.26. The van der Waals surface area contributed by atoms with Crippen LogP contribution in [-0.2, 0) is 16.1 Å². The van der Waals surface area contributed by atoms with Gasteiger partial charge in [0.2, 0.25) is 11.8 Å². The van der Waals surface area contributed by atoms with E-state index in [1.165, 1.54) is 4.68 Å². The fraction of sp³-hybridized carbons (Fsp3) is 0.500. The Balaban J connectivity index is 1.61. The molecule has 4 heterocycles. The number of hydrogen-bond acceptors (Lipinski definition) is 5. The highest BCUT2D eigenvalue weighted by Gasteiger charge is 2.24. The number of likely N-dealkylation sites (tertiary alicyclic amines) is 1. The van der Waals surface area contributed by atoms with Gasteiger partial charge in [0.25, 0.3) is 5.56 Å². The number of nitrogens with one attached hydrogen (secondary N) is 1. The van der Waals surface area contributed by atoms with Gasteiger partial charge in [-0.3, -0.25) is 18.8 Å². The Morgan fingerprint density at radius 3 is 2.90 bits per heavy atom. The summed E-state index contributed by atoms with van der Waals surface area (Å²) in [6.45, 7) is 6.68. The lowest BCUT2D eigenvalue weighted by atomic mass is 10.1. The fourth-order valence-electron chi connectivity index (χ4n) is 3.93. The van der Waals surface area contributed by atoms with Crippen LogP contribution in [0.1, 0.15) is 45.4 Å². The highest BCUT2D eigenvalue weighted by molar-refractivity contribution is 7.16. The van der Waals surface area contributed by atoms with Crippen molar-refractivity contribution in [1.29, 1.82) is 0 Å². The van der Waals surface area contributed by atoms with Crippen molar-refractivity contribution < 1.29 is 9.59 Å². The van der Waals surface area contributed by atoms with Crippen molar-refractivity contribution in [2.45, 2.75) is 52.1 Å². The predicted molar refractivity (Wildman–Crippen MR) is 112 cm³/mol. The Morgan fingerprint density at radius 2 is 2.17 bits per heavy atom. The first-order valence-electron chi connectivity index (χ1n) is 9.89. The molecule has 4 rings (SSSR count). The molecule has 1 atom stereocenters. The summed E-state index contributed by atoms with van der Waals surface area (Å²) in [5.41, 5.74) is 0.265. The molecule has 8 nitrogen and oxygen atoms in total. The minimum atomic E-state index is -0.276. The topological polar surface area (TPSA) is 88.7 Å². The van der Waals surface area contributed by atoms with Crippen LogP contribution in [0.5, 0.6) is 0 Å². The van der Waals surface area contributed by atoms with Crippen LogP contribution in [0.2, 0.25) is 0 Å². The maximum atomic E-state index is 13.0. The monoisotopic (exact) mass is 415 g/mol. The third kappa shape index (κ3) is 3.66. The van der Waals surface area contributed by atoms with Crippen LogP contribution in [0.15, 0.2) is 22.3 Å². The molecule has 0 radical (unpaired) electrons. The molecule has 1 aliphatic rings. The van der Waals surface area contributed by atoms with Crippen molar-refractivity contribution in [3.63, 3.8) is 0 Å². The molecule has 1 aliphatic heterocycles. The number of amides is 2. The largest absolute Gasteiger partial charge is 0.350 e. The lowest BCUT2D eigenvalue weighted by Gasteiger charge is -2.32. The summed E-state index contributed by atoms with van der Waals surface area (Å²) in [4.78, 5) is 40.0. The van der Waals surface area contributed by atoms with Gasteiger partial charge in [-0.2, -0.15) is 5.10 Å². The molecule has 0 bridgehead atoms. The second kappa shape index (κ2) is 7.62. The van der Waals surface area contributed by atoms with E-state index in [0.29, 0.717) is 12.1 Å². The molecule has 3 aromatic heterocycles. The van der Waals surface area contributed by atoms with E-state index in [1.807, 2.05) is 35.8 Å². The Labute approximate surface area is 172 Å². The van der Waals surface area contributed by atoms with E-state index in [-0.39, 0.29) is 35.9 Å². The maximum Gasteiger partial charge on any atom is 0.291 e. The van der Waals surface area contributed by atoms with Gasteiger partial charge >= 0.3 is 0 Å². The SMILES string of the molecule is CC(=O)N1CCCC(NC(=O)Cn2nc(C(C)C)n3c(cc4ccsc43)c2=O)C1. The smallest absolute Gasteiger partial charge is 0.291 e. The molecule has 0 aromatic carbocycles. The Morgan fingerprint density at radius 1 is 1.38 bits per heavy atom. The van der Waals surface area contributed by atoms with Crippen molar-refractivity contribution in [2.24, 2.45) is 0 Å². The molecule has 3 aromatic rings.